The van der Waals surface area contributed by atoms with Crippen LogP contribution in [0.5, 0.6) is 0 Å². The number of Topliss-reactive ketones (excluding diaryl/α,β-unsaturated/α-hetero) is 1. The van der Waals surface area contributed by atoms with Crippen LogP contribution in [0.25, 0.3) is 0 Å². The lowest BCUT2D eigenvalue weighted by Gasteiger charge is -2.14. The fourth-order valence-electron chi connectivity index (χ4n) is 1.97. The third-order valence-electron chi connectivity index (χ3n) is 2.96. The molecule has 0 aromatic heterocycles. The van der Waals surface area contributed by atoms with Crippen molar-refractivity contribution in [3.63, 3.8) is 0 Å². The number of amides is 1. The molecule has 1 aromatic carbocycles. The van der Waals surface area contributed by atoms with Gasteiger partial charge in [0.15, 0.2) is 0 Å². The fraction of sp³-hybridized carbons (Fsp3) is 0.308. The van der Waals surface area contributed by atoms with Crippen LogP contribution < -0.4 is 4.90 Å². The number of fused-ring (bicyclic) bond motifs is 1. The predicted octanol–water partition coefficient (Wildman–Crippen LogP) is 1.42. The molecule has 18 heavy (non-hydrogen) atoms. The van der Waals surface area contributed by atoms with E-state index in [1.54, 1.807) is 12.1 Å². The van der Waals surface area contributed by atoms with E-state index in [0.717, 1.165) is 10.5 Å². The zero-order valence-electron chi connectivity index (χ0n) is 10.1. The van der Waals surface area contributed by atoms with Gasteiger partial charge in [0.05, 0.1) is 11.3 Å². The van der Waals surface area contributed by atoms with Gasteiger partial charge >= 0.3 is 5.97 Å². The van der Waals surface area contributed by atoms with Gasteiger partial charge in [-0.1, -0.05) is 19.9 Å². The Kier molecular flexibility index (Phi) is 2.90. The molecule has 0 radical (unpaired) electrons. The number of benzene rings is 1. The molecule has 94 valence electrons. The lowest BCUT2D eigenvalue weighted by Crippen LogP contribution is -2.34. The van der Waals surface area contributed by atoms with Crippen molar-refractivity contribution >= 4 is 23.3 Å². The molecule has 2 rings (SSSR count). The summed E-state index contributed by atoms with van der Waals surface area (Å²) in [5.74, 6) is -2.30. The summed E-state index contributed by atoms with van der Waals surface area (Å²) in [6.07, 6.45) is 0. The van der Waals surface area contributed by atoms with Crippen molar-refractivity contribution in [1.29, 1.82) is 0 Å². The summed E-state index contributed by atoms with van der Waals surface area (Å²) >= 11 is 0. The van der Waals surface area contributed by atoms with E-state index in [0.29, 0.717) is 11.3 Å². The summed E-state index contributed by atoms with van der Waals surface area (Å²) in [6.45, 7) is 3.48. The van der Waals surface area contributed by atoms with E-state index in [2.05, 4.69) is 0 Å². The number of hydrogen-bond acceptors (Lipinski definition) is 3. The summed E-state index contributed by atoms with van der Waals surface area (Å²) in [4.78, 5) is 35.2. The third kappa shape index (κ3) is 1.88. The molecule has 0 saturated carbocycles. The number of anilines is 1. The topological polar surface area (TPSA) is 74.7 Å². The molecule has 1 aliphatic heterocycles. The van der Waals surface area contributed by atoms with Gasteiger partial charge in [-0.05, 0) is 23.6 Å². The molecule has 0 unspecified atom stereocenters. The van der Waals surface area contributed by atoms with Crippen molar-refractivity contribution < 1.29 is 19.5 Å². The number of rotatable bonds is 3. The molecule has 5 heteroatoms. The molecule has 1 aromatic rings. The Morgan fingerprint density at radius 3 is 2.56 bits per heavy atom. The van der Waals surface area contributed by atoms with Crippen molar-refractivity contribution in [2.45, 2.75) is 19.8 Å². The Balaban J connectivity index is 2.47. The van der Waals surface area contributed by atoms with E-state index in [9.17, 15) is 14.4 Å². The number of carboxylic acid groups (broad SMARTS) is 1. The molecule has 0 fully saturated rings. The smallest absolute Gasteiger partial charge is 0.323 e. The van der Waals surface area contributed by atoms with Crippen LogP contribution in [0.3, 0.4) is 0 Å². The van der Waals surface area contributed by atoms with Gasteiger partial charge in [-0.25, -0.2) is 0 Å². The maximum Gasteiger partial charge on any atom is 0.323 e. The highest BCUT2D eigenvalue weighted by atomic mass is 16.4. The lowest BCUT2D eigenvalue weighted by molar-refractivity contribution is -0.136. The summed E-state index contributed by atoms with van der Waals surface area (Å²) in [5.41, 5.74) is 1.64. The molecule has 0 saturated heterocycles. The van der Waals surface area contributed by atoms with Gasteiger partial charge in [-0.15, -0.1) is 0 Å². The van der Waals surface area contributed by atoms with E-state index in [4.69, 9.17) is 5.11 Å². The van der Waals surface area contributed by atoms with Gasteiger partial charge in [0.25, 0.3) is 11.7 Å². The van der Waals surface area contributed by atoms with E-state index < -0.39 is 24.2 Å². The number of hydrogen-bond donors (Lipinski definition) is 1. The number of nitrogens with zero attached hydrogens (tertiary/aromatic N) is 1. The quantitative estimate of drug-likeness (QED) is 0.820. The monoisotopic (exact) mass is 247 g/mol. The number of carboxylic acids is 1. The van der Waals surface area contributed by atoms with Gasteiger partial charge in [-0.3, -0.25) is 19.3 Å². The first-order valence-corrected chi connectivity index (χ1v) is 5.63. The molecule has 0 spiro atoms. The van der Waals surface area contributed by atoms with E-state index >= 15 is 0 Å². The van der Waals surface area contributed by atoms with Gasteiger partial charge in [0, 0.05) is 0 Å². The van der Waals surface area contributed by atoms with Crippen LogP contribution in [0.1, 0.15) is 35.7 Å². The zero-order chi connectivity index (χ0) is 13.4. The second-order valence-corrected chi connectivity index (χ2v) is 4.55. The summed E-state index contributed by atoms with van der Waals surface area (Å²) < 4.78 is 0. The van der Waals surface area contributed by atoms with Crippen LogP contribution in [-0.4, -0.2) is 29.3 Å². The molecular weight excluding hydrogens is 234 g/mol. The standard InChI is InChI=1S/C13H13NO4/c1-7(2)8-3-4-10-9(5-8)12(17)13(18)14(10)6-11(15)16/h3-5,7H,6H2,1-2H3,(H,15,16). The Morgan fingerprint density at radius 2 is 2.00 bits per heavy atom. The molecule has 1 aliphatic rings. The maximum absolute atomic E-state index is 11.8. The average molecular weight is 247 g/mol. The molecule has 5 nitrogen and oxygen atoms in total. The largest absolute Gasteiger partial charge is 0.480 e. The Labute approximate surface area is 104 Å². The van der Waals surface area contributed by atoms with Gasteiger partial charge < -0.3 is 5.11 Å². The van der Waals surface area contributed by atoms with Crippen molar-refractivity contribution in [2.24, 2.45) is 0 Å². The normalized spacial score (nSPS) is 14.3. The highest BCUT2D eigenvalue weighted by molar-refractivity contribution is 6.52. The highest BCUT2D eigenvalue weighted by Gasteiger charge is 2.36. The molecular formula is C13H13NO4. The van der Waals surface area contributed by atoms with Gasteiger partial charge in [-0.2, -0.15) is 0 Å². The highest BCUT2D eigenvalue weighted by Crippen LogP contribution is 2.31. The molecule has 1 amide bonds. The molecule has 0 bridgehead atoms. The minimum atomic E-state index is -1.14. The molecule has 1 heterocycles. The summed E-state index contributed by atoms with van der Waals surface area (Å²) in [6, 6.07) is 5.11. The van der Waals surface area contributed by atoms with Crippen molar-refractivity contribution in [3.05, 3.63) is 29.3 Å². The van der Waals surface area contributed by atoms with Crippen LogP contribution >= 0.6 is 0 Å². The lowest BCUT2D eigenvalue weighted by atomic mass is 9.99. The Hall–Kier alpha value is -2.17. The molecule has 1 N–H and O–H groups in total. The second-order valence-electron chi connectivity index (χ2n) is 4.55. The number of carbonyl (C=O) groups is 3. The first-order chi connectivity index (χ1) is 8.41. The van der Waals surface area contributed by atoms with Crippen LogP contribution in [0.2, 0.25) is 0 Å². The number of carbonyl (C=O) groups excluding carboxylic acids is 2. The minimum Gasteiger partial charge on any atom is -0.480 e. The number of aliphatic carboxylic acids is 1. The van der Waals surface area contributed by atoms with Gasteiger partial charge in [0.2, 0.25) is 0 Å². The zero-order valence-corrected chi connectivity index (χ0v) is 10.1. The first kappa shape index (κ1) is 12.3. The molecule has 0 aliphatic carbocycles. The second kappa shape index (κ2) is 4.25. The van der Waals surface area contributed by atoms with E-state index in [1.165, 1.54) is 0 Å². The average Bonchev–Trinajstić information content (AvgIpc) is 2.54. The minimum absolute atomic E-state index is 0.242. The van der Waals surface area contributed by atoms with Crippen molar-refractivity contribution in [2.75, 3.05) is 11.4 Å². The van der Waals surface area contributed by atoms with E-state index in [-0.39, 0.29) is 5.92 Å². The summed E-state index contributed by atoms with van der Waals surface area (Å²) in [7, 11) is 0. The van der Waals surface area contributed by atoms with Crippen LogP contribution in [-0.2, 0) is 9.59 Å². The Bertz CT molecular complexity index is 548. The van der Waals surface area contributed by atoms with Crippen LogP contribution in [0, 0.1) is 0 Å². The Morgan fingerprint density at radius 1 is 1.33 bits per heavy atom. The van der Waals surface area contributed by atoms with Crippen LogP contribution in [0.4, 0.5) is 5.69 Å². The predicted molar refractivity (Wildman–Crippen MR) is 64.9 cm³/mol. The fourth-order valence-corrected chi connectivity index (χ4v) is 1.97. The maximum atomic E-state index is 11.8. The molecule has 0 atom stereocenters. The summed E-state index contributed by atoms with van der Waals surface area (Å²) in [5, 5.41) is 8.74. The first-order valence-electron chi connectivity index (χ1n) is 5.63. The van der Waals surface area contributed by atoms with E-state index in [1.807, 2.05) is 19.9 Å². The van der Waals surface area contributed by atoms with Crippen molar-refractivity contribution in [3.8, 4) is 0 Å². The third-order valence-corrected chi connectivity index (χ3v) is 2.96. The SMILES string of the molecule is CC(C)c1ccc2c(c1)C(=O)C(=O)N2CC(=O)O. The van der Waals surface area contributed by atoms with Crippen molar-refractivity contribution in [1.82, 2.24) is 0 Å². The number of ketones is 1. The van der Waals surface area contributed by atoms with Gasteiger partial charge in [0.1, 0.15) is 6.54 Å². The van der Waals surface area contributed by atoms with Crippen LogP contribution in [0.15, 0.2) is 18.2 Å².